The Kier molecular flexibility index (Phi) is 5.46. The molecule has 3 aromatic rings. The van der Waals surface area contributed by atoms with Crippen molar-refractivity contribution in [2.75, 3.05) is 5.32 Å². The third-order valence-corrected chi connectivity index (χ3v) is 4.86. The lowest BCUT2D eigenvalue weighted by atomic mass is 10.3. The van der Waals surface area contributed by atoms with Gasteiger partial charge in [-0.25, -0.2) is 4.68 Å². The number of aromatic hydroxyl groups is 1. The van der Waals surface area contributed by atoms with E-state index in [4.69, 9.17) is 0 Å². The van der Waals surface area contributed by atoms with E-state index in [9.17, 15) is 19.5 Å². The highest BCUT2D eigenvalue weighted by molar-refractivity contribution is 8.00. The quantitative estimate of drug-likeness (QED) is 0.374. The fourth-order valence-electron chi connectivity index (χ4n) is 2.38. The number of benzene rings is 1. The third-order valence-electron chi connectivity index (χ3n) is 3.62. The normalized spacial score (nSPS) is 11.9. The van der Waals surface area contributed by atoms with Crippen LogP contribution < -0.4 is 16.4 Å². The molecule has 0 spiro atoms. The summed E-state index contributed by atoms with van der Waals surface area (Å²) in [5.74, 6) is -0.527. The highest BCUT2D eigenvalue weighted by Crippen LogP contribution is 2.23. The van der Waals surface area contributed by atoms with E-state index in [1.165, 1.54) is 10.7 Å². The first-order valence-corrected chi connectivity index (χ1v) is 8.99. The Labute approximate surface area is 157 Å². The Morgan fingerprint density at radius 2 is 2.04 bits per heavy atom. The molecule has 0 bridgehead atoms. The summed E-state index contributed by atoms with van der Waals surface area (Å²) in [6.45, 7) is 1.80. The van der Waals surface area contributed by atoms with Crippen molar-refractivity contribution in [3.8, 4) is 11.6 Å². The standard InChI is InChI=1S/C17H17N5O4S/c1-2-11(27-17-19-13(23)9-14(24)20-17)16(26)18-12-8-15(25)22(21-12)10-6-4-3-5-7-10/h3-9,11,21H,2H2,1H3,(H,18,26)(H2,19,20,23,24). The molecule has 27 heavy (non-hydrogen) atoms. The number of carbonyl (C=O) groups is 1. The van der Waals surface area contributed by atoms with Gasteiger partial charge in [0.05, 0.1) is 17.0 Å². The molecule has 0 saturated carbocycles. The lowest BCUT2D eigenvalue weighted by Gasteiger charge is -2.13. The van der Waals surface area contributed by atoms with Gasteiger partial charge in [0.2, 0.25) is 11.8 Å². The van der Waals surface area contributed by atoms with Crippen molar-refractivity contribution in [1.29, 1.82) is 0 Å². The predicted molar refractivity (Wildman–Crippen MR) is 101 cm³/mol. The molecule has 0 aliphatic rings. The number of aromatic nitrogens is 4. The van der Waals surface area contributed by atoms with E-state index < -0.39 is 16.7 Å². The number of amides is 1. The molecular weight excluding hydrogens is 370 g/mol. The van der Waals surface area contributed by atoms with Gasteiger partial charge in [-0.1, -0.05) is 36.9 Å². The van der Waals surface area contributed by atoms with Crippen LogP contribution in [0.5, 0.6) is 5.88 Å². The van der Waals surface area contributed by atoms with E-state index in [-0.39, 0.29) is 22.4 Å². The van der Waals surface area contributed by atoms with Crippen LogP contribution in [0.25, 0.3) is 5.69 Å². The summed E-state index contributed by atoms with van der Waals surface area (Å²) >= 11 is 1.01. The molecule has 10 heteroatoms. The average Bonchev–Trinajstić information content (AvgIpc) is 2.99. The van der Waals surface area contributed by atoms with Gasteiger partial charge in [-0.15, -0.1) is 0 Å². The highest BCUT2D eigenvalue weighted by Gasteiger charge is 2.20. The Morgan fingerprint density at radius 1 is 1.30 bits per heavy atom. The summed E-state index contributed by atoms with van der Waals surface area (Å²) in [7, 11) is 0. The molecule has 0 fully saturated rings. The van der Waals surface area contributed by atoms with Crippen LogP contribution in [-0.4, -0.2) is 36.0 Å². The van der Waals surface area contributed by atoms with Crippen LogP contribution in [0, 0.1) is 0 Å². The van der Waals surface area contributed by atoms with Gasteiger partial charge in [0.25, 0.3) is 11.1 Å². The fraction of sp³-hybridized carbons (Fsp3) is 0.176. The number of para-hydroxylation sites is 1. The first-order chi connectivity index (χ1) is 13.0. The van der Waals surface area contributed by atoms with E-state index >= 15 is 0 Å². The SMILES string of the molecule is CCC(Sc1nc(O)cc(=O)[nH]1)C(=O)Nc1cc(=O)n(-c2ccccc2)[nH]1. The summed E-state index contributed by atoms with van der Waals surface area (Å²) in [5.41, 5.74) is -0.174. The maximum Gasteiger partial charge on any atom is 0.273 e. The number of nitrogens with zero attached hydrogens (tertiary/aromatic N) is 2. The number of thioether (sulfide) groups is 1. The number of carbonyl (C=O) groups excluding carboxylic acids is 1. The summed E-state index contributed by atoms with van der Waals surface area (Å²) in [6.07, 6.45) is 0.444. The maximum atomic E-state index is 12.5. The zero-order valence-electron chi connectivity index (χ0n) is 14.3. The largest absolute Gasteiger partial charge is 0.493 e. The van der Waals surface area contributed by atoms with Crippen molar-refractivity contribution < 1.29 is 9.90 Å². The molecule has 0 aliphatic carbocycles. The summed E-state index contributed by atoms with van der Waals surface area (Å²) in [5, 5.41) is 14.5. The molecule has 1 unspecified atom stereocenters. The van der Waals surface area contributed by atoms with Crippen molar-refractivity contribution in [3.05, 3.63) is 63.2 Å². The molecule has 1 aromatic carbocycles. The van der Waals surface area contributed by atoms with E-state index in [2.05, 4.69) is 20.4 Å². The van der Waals surface area contributed by atoms with Crippen LogP contribution in [0.4, 0.5) is 5.82 Å². The van der Waals surface area contributed by atoms with E-state index in [1.807, 2.05) is 6.07 Å². The molecule has 0 radical (unpaired) electrons. The maximum absolute atomic E-state index is 12.5. The predicted octanol–water partition coefficient (Wildman–Crippen LogP) is 1.46. The minimum atomic E-state index is -0.585. The summed E-state index contributed by atoms with van der Waals surface area (Å²) in [4.78, 5) is 42.3. The summed E-state index contributed by atoms with van der Waals surface area (Å²) < 4.78 is 1.32. The number of nitrogens with one attached hydrogen (secondary N) is 3. The molecule has 0 aliphatic heterocycles. The van der Waals surface area contributed by atoms with Crippen LogP contribution in [-0.2, 0) is 4.79 Å². The second-order valence-electron chi connectivity index (χ2n) is 5.59. The number of hydrogen-bond donors (Lipinski definition) is 4. The van der Waals surface area contributed by atoms with E-state index in [1.54, 1.807) is 31.2 Å². The van der Waals surface area contributed by atoms with Crippen LogP contribution in [0.1, 0.15) is 13.3 Å². The fourth-order valence-corrected chi connectivity index (χ4v) is 3.29. The van der Waals surface area contributed by atoms with Crippen LogP contribution in [0.2, 0.25) is 0 Å². The number of aromatic amines is 2. The van der Waals surface area contributed by atoms with Crippen molar-refractivity contribution in [2.45, 2.75) is 23.8 Å². The smallest absolute Gasteiger partial charge is 0.273 e. The lowest BCUT2D eigenvalue weighted by molar-refractivity contribution is -0.115. The van der Waals surface area contributed by atoms with Gasteiger partial charge >= 0.3 is 0 Å². The number of H-pyrrole nitrogens is 2. The Bertz CT molecular complexity index is 1060. The van der Waals surface area contributed by atoms with Crippen molar-refractivity contribution in [3.63, 3.8) is 0 Å². The number of rotatable bonds is 6. The molecule has 2 heterocycles. The average molecular weight is 387 g/mol. The monoisotopic (exact) mass is 387 g/mol. The molecule has 1 amide bonds. The molecule has 0 saturated heterocycles. The van der Waals surface area contributed by atoms with Gasteiger partial charge < -0.3 is 15.4 Å². The van der Waals surface area contributed by atoms with Gasteiger partial charge in [-0.3, -0.25) is 19.5 Å². The van der Waals surface area contributed by atoms with Gasteiger partial charge in [0.15, 0.2) is 5.16 Å². The Hall–Kier alpha value is -3.27. The van der Waals surface area contributed by atoms with Crippen molar-refractivity contribution in [1.82, 2.24) is 19.7 Å². The molecule has 4 N–H and O–H groups in total. The van der Waals surface area contributed by atoms with Gasteiger partial charge in [0, 0.05) is 6.07 Å². The lowest BCUT2D eigenvalue weighted by Crippen LogP contribution is -2.25. The third kappa shape index (κ3) is 4.47. The minimum Gasteiger partial charge on any atom is -0.493 e. The number of anilines is 1. The zero-order valence-corrected chi connectivity index (χ0v) is 15.1. The van der Waals surface area contributed by atoms with Crippen molar-refractivity contribution >= 4 is 23.5 Å². The van der Waals surface area contributed by atoms with Crippen LogP contribution in [0.3, 0.4) is 0 Å². The van der Waals surface area contributed by atoms with E-state index in [0.717, 1.165) is 17.8 Å². The second kappa shape index (κ2) is 7.96. The summed E-state index contributed by atoms with van der Waals surface area (Å²) in [6, 6.07) is 11.2. The molecule has 140 valence electrons. The highest BCUT2D eigenvalue weighted by atomic mass is 32.2. The zero-order chi connectivity index (χ0) is 19.4. The van der Waals surface area contributed by atoms with Gasteiger partial charge in [-0.2, -0.15) is 4.98 Å². The molecule has 3 rings (SSSR count). The topological polar surface area (TPSA) is 133 Å². The molecule has 1 atom stereocenters. The van der Waals surface area contributed by atoms with Crippen molar-refractivity contribution in [2.24, 2.45) is 0 Å². The molecular formula is C17H17N5O4S. The van der Waals surface area contributed by atoms with Gasteiger partial charge in [0.1, 0.15) is 5.82 Å². The van der Waals surface area contributed by atoms with Gasteiger partial charge in [-0.05, 0) is 18.6 Å². The Morgan fingerprint density at radius 3 is 2.70 bits per heavy atom. The molecule has 2 aromatic heterocycles. The minimum absolute atomic E-state index is 0.136. The first kappa shape index (κ1) is 18.5. The molecule has 9 nitrogen and oxygen atoms in total. The van der Waals surface area contributed by atoms with Crippen LogP contribution in [0.15, 0.2) is 57.2 Å². The number of hydrogen-bond acceptors (Lipinski definition) is 6. The second-order valence-corrected chi connectivity index (χ2v) is 6.78. The van der Waals surface area contributed by atoms with Crippen LogP contribution >= 0.6 is 11.8 Å². The van der Waals surface area contributed by atoms with E-state index in [0.29, 0.717) is 12.1 Å². The Balaban J connectivity index is 1.75. The first-order valence-electron chi connectivity index (χ1n) is 8.11.